The second kappa shape index (κ2) is 8.01. The number of thioether (sulfide) groups is 1. The van der Waals surface area contributed by atoms with Crippen molar-refractivity contribution in [2.45, 2.75) is 23.8 Å². The smallest absolute Gasteiger partial charge is 0.247 e. The van der Waals surface area contributed by atoms with Crippen LogP contribution in [0.2, 0.25) is 0 Å². The number of furan rings is 1. The zero-order chi connectivity index (χ0) is 22.2. The van der Waals surface area contributed by atoms with E-state index in [-0.39, 0.29) is 29.2 Å². The van der Waals surface area contributed by atoms with Crippen LogP contribution >= 0.6 is 11.8 Å². The molecule has 1 fully saturated rings. The van der Waals surface area contributed by atoms with Gasteiger partial charge in [-0.25, -0.2) is 9.88 Å². The molecule has 0 radical (unpaired) electrons. The number of ketones is 1. The highest BCUT2D eigenvalue weighted by molar-refractivity contribution is 8.00. The summed E-state index contributed by atoms with van der Waals surface area (Å²) in [6, 6.07) is 15.9. The molecule has 1 aliphatic rings. The fourth-order valence-electron chi connectivity index (χ4n) is 3.50. The van der Waals surface area contributed by atoms with Crippen LogP contribution in [0.5, 0.6) is 0 Å². The van der Waals surface area contributed by atoms with E-state index >= 15 is 0 Å². The Kier molecular flexibility index (Phi) is 5.02. The van der Waals surface area contributed by atoms with Crippen LogP contribution in [0.4, 0.5) is 5.69 Å². The molecule has 5 rings (SSSR count). The van der Waals surface area contributed by atoms with Crippen LogP contribution in [0.1, 0.15) is 23.7 Å². The molecule has 0 N–H and O–H groups in total. The average Bonchev–Trinajstić information content (AvgIpc) is 3.35. The van der Waals surface area contributed by atoms with Crippen LogP contribution in [0.3, 0.4) is 0 Å². The predicted molar refractivity (Wildman–Crippen MR) is 118 cm³/mol. The highest BCUT2D eigenvalue weighted by Gasteiger charge is 2.40. The SMILES string of the molecule is CC(=O)c1ccc(N2C(=O)CC(Sc3nncc(-c4cc5ccccc5o4)n3)C2=O)cc1. The summed E-state index contributed by atoms with van der Waals surface area (Å²) in [6.45, 7) is 1.46. The molecule has 8 nitrogen and oxygen atoms in total. The Bertz CT molecular complexity index is 1330. The number of carbonyl (C=O) groups excluding carboxylic acids is 3. The zero-order valence-corrected chi connectivity index (χ0v) is 17.7. The number of fused-ring (bicyclic) bond motifs is 1. The van der Waals surface area contributed by atoms with Gasteiger partial charge < -0.3 is 4.42 Å². The van der Waals surface area contributed by atoms with E-state index in [4.69, 9.17) is 4.42 Å². The molecule has 32 heavy (non-hydrogen) atoms. The predicted octanol–water partition coefficient (Wildman–Crippen LogP) is 3.91. The molecule has 158 valence electrons. The number of imide groups is 1. The van der Waals surface area contributed by atoms with Crippen LogP contribution in [-0.4, -0.2) is 38.0 Å². The molecule has 0 spiro atoms. The third-order valence-corrected chi connectivity index (χ3v) is 6.14. The normalized spacial score (nSPS) is 16.2. The number of benzene rings is 2. The molecule has 0 bridgehead atoms. The number of hydrogen-bond donors (Lipinski definition) is 0. The number of carbonyl (C=O) groups is 3. The van der Waals surface area contributed by atoms with Crippen LogP contribution in [-0.2, 0) is 9.59 Å². The molecule has 1 atom stereocenters. The third-order valence-electron chi connectivity index (χ3n) is 5.10. The van der Waals surface area contributed by atoms with Crippen molar-refractivity contribution in [1.29, 1.82) is 0 Å². The first-order valence-electron chi connectivity index (χ1n) is 9.83. The van der Waals surface area contributed by atoms with Crippen molar-refractivity contribution in [3.05, 3.63) is 66.4 Å². The summed E-state index contributed by atoms with van der Waals surface area (Å²) in [5, 5.41) is 8.56. The van der Waals surface area contributed by atoms with Gasteiger partial charge in [0.05, 0.1) is 11.9 Å². The average molecular weight is 444 g/mol. The van der Waals surface area contributed by atoms with E-state index < -0.39 is 5.25 Å². The van der Waals surface area contributed by atoms with Crippen LogP contribution < -0.4 is 4.90 Å². The first-order valence-corrected chi connectivity index (χ1v) is 10.7. The number of aromatic nitrogens is 3. The van der Waals surface area contributed by atoms with Crippen molar-refractivity contribution >= 4 is 46.0 Å². The van der Waals surface area contributed by atoms with Crippen molar-refractivity contribution in [2.75, 3.05) is 4.90 Å². The molecular weight excluding hydrogens is 428 g/mol. The van der Waals surface area contributed by atoms with Crippen molar-refractivity contribution in [2.24, 2.45) is 0 Å². The van der Waals surface area contributed by atoms with Gasteiger partial charge in [0.1, 0.15) is 16.5 Å². The van der Waals surface area contributed by atoms with E-state index in [2.05, 4.69) is 15.2 Å². The molecule has 1 saturated heterocycles. The summed E-state index contributed by atoms with van der Waals surface area (Å²) in [6.07, 6.45) is 1.52. The van der Waals surface area contributed by atoms with Gasteiger partial charge in [-0.3, -0.25) is 14.4 Å². The topological polar surface area (TPSA) is 106 Å². The zero-order valence-electron chi connectivity index (χ0n) is 16.9. The summed E-state index contributed by atoms with van der Waals surface area (Å²) < 4.78 is 5.83. The highest BCUT2D eigenvalue weighted by atomic mass is 32.2. The standard InChI is InChI=1S/C23H16N4O4S/c1-13(28)14-6-8-16(9-7-14)27-21(29)11-20(22(27)30)32-23-25-17(12-24-26-23)19-10-15-4-2-3-5-18(15)31-19/h2-10,12,20H,11H2,1H3. The molecule has 2 amide bonds. The number of amides is 2. The van der Waals surface area contributed by atoms with Gasteiger partial charge in [-0.05, 0) is 43.3 Å². The molecular formula is C23H16N4O4S. The lowest BCUT2D eigenvalue weighted by Gasteiger charge is -2.15. The van der Waals surface area contributed by atoms with Gasteiger partial charge in [0, 0.05) is 17.4 Å². The van der Waals surface area contributed by atoms with Gasteiger partial charge in [0.2, 0.25) is 17.0 Å². The Hall–Kier alpha value is -3.85. The fourth-order valence-corrected chi connectivity index (χ4v) is 4.44. The van der Waals surface area contributed by atoms with Crippen molar-refractivity contribution < 1.29 is 18.8 Å². The third kappa shape index (κ3) is 3.67. The lowest BCUT2D eigenvalue weighted by molar-refractivity contribution is -0.121. The van der Waals surface area contributed by atoms with E-state index in [0.29, 0.717) is 22.7 Å². The lowest BCUT2D eigenvalue weighted by atomic mass is 10.1. The van der Waals surface area contributed by atoms with Crippen molar-refractivity contribution in [3.8, 4) is 11.5 Å². The van der Waals surface area contributed by atoms with Gasteiger partial charge in [-0.2, -0.15) is 5.10 Å². The van der Waals surface area contributed by atoms with Gasteiger partial charge in [-0.15, -0.1) is 5.10 Å². The Morgan fingerprint density at radius 1 is 1.12 bits per heavy atom. The monoisotopic (exact) mass is 444 g/mol. The highest BCUT2D eigenvalue weighted by Crippen LogP contribution is 2.33. The number of para-hydroxylation sites is 1. The minimum Gasteiger partial charge on any atom is -0.454 e. The van der Waals surface area contributed by atoms with Crippen LogP contribution in [0.15, 0.2) is 70.4 Å². The molecule has 2 aromatic carbocycles. The fraction of sp³-hybridized carbons (Fsp3) is 0.130. The summed E-state index contributed by atoms with van der Waals surface area (Å²) >= 11 is 1.09. The second-order valence-electron chi connectivity index (χ2n) is 7.25. The Morgan fingerprint density at radius 2 is 1.91 bits per heavy atom. The molecule has 0 saturated carbocycles. The Morgan fingerprint density at radius 3 is 2.66 bits per heavy atom. The molecule has 4 aromatic rings. The largest absolute Gasteiger partial charge is 0.454 e. The number of rotatable bonds is 5. The van der Waals surface area contributed by atoms with Crippen LogP contribution in [0.25, 0.3) is 22.4 Å². The molecule has 3 heterocycles. The van der Waals surface area contributed by atoms with E-state index in [1.165, 1.54) is 13.1 Å². The van der Waals surface area contributed by atoms with Crippen molar-refractivity contribution in [3.63, 3.8) is 0 Å². The molecule has 9 heteroatoms. The minimum atomic E-state index is -0.664. The van der Waals surface area contributed by atoms with Gasteiger partial charge in [0.25, 0.3) is 0 Å². The van der Waals surface area contributed by atoms with Gasteiger partial charge >= 0.3 is 0 Å². The van der Waals surface area contributed by atoms with Crippen LogP contribution in [0, 0.1) is 0 Å². The van der Waals surface area contributed by atoms with E-state index in [0.717, 1.165) is 27.6 Å². The quantitative estimate of drug-likeness (QED) is 0.337. The summed E-state index contributed by atoms with van der Waals surface area (Å²) in [5.41, 5.74) is 2.18. The summed E-state index contributed by atoms with van der Waals surface area (Å²) in [4.78, 5) is 42.5. The minimum absolute atomic E-state index is 0.0240. The van der Waals surface area contributed by atoms with E-state index in [1.807, 2.05) is 30.3 Å². The first-order chi connectivity index (χ1) is 15.5. The number of anilines is 1. The van der Waals surface area contributed by atoms with Gasteiger partial charge in [0.15, 0.2) is 11.5 Å². The van der Waals surface area contributed by atoms with E-state index in [1.54, 1.807) is 24.3 Å². The maximum absolute atomic E-state index is 12.9. The lowest BCUT2D eigenvalue weighted by Crippen LogP contribution is -2.31. The Balaban J connectivity index is 1.36. The number of Topliss-reactive ketones (excluding diaryl/α,β-unsaturated/α-hetero) is 1. The van der Waals surface area contributed by atoms with Gasteiger partial charge in [-0.1, -0.05) is 30.0 Å². The molecule has 1 aliphatic heterocycles. The van der Waals surface area contributed by atoms with Crippen molar-refractivity contribution in [1.82, 2.24) is 15.2 Å². The first kappa shape index (κ1) is 20.1. The summed E-state index contributed by atoms with van der Waals surface area (Å²) in [7, 11) is 0. The summed E-state index contributed by atoms with van der Waals surface area (Å²) in [5.74, 6) is -0.209. The molecule has 2 aromatic heterocycles. The number of nitrogens with zero attached hydrogens (tertiary/aromatic N) is 4. The molecule has 1 unspecified atom stereocenters. The second-order valence-corrected chi connectivity index (χ2v) is 8.42. The Labute approximate surface area is 186 Å². The van der Waals surface area contributed by atoms with E-state index in [9.17, 15) is 14.4 Å². The molecule has 0 aliphatic carbocycles. The maximum Gasteiger partial charge on any atom is 0.247 e. The maximum atomic E-state index is 12.9. The number of hydrogen-bond acceptors (Lipinski definition) is 8.